The topological polar surface area (TPSA) is 98.1 Å². The van der Waals surface area contributed by atoms with Crippen LogP contribution in [-0.4, -0.2) is 50.6 Å². The Hall–Kier alpha value is -1.90. The molecule has 1 heterocycles. The molecule has 1 amide bonds. The normalized spacial score (nSPS) is 18.9. The Morgan fingerprint density at radius 1 is 1.21 bits per heavy atom. The number of likely N-dealkylation sites (tertiary alicyclic amines) is 1. The molecule has 29 heavy (non-hydrogen) atoms. The number of hydrogen-bond donors (Lipinski definition) is 3. The van der Waals surface area contributed by atoms with E-state index >= 15 is 0 Å². The molecule has 0 bridgehead atoms. The number of amides is 1. The maximum absolute atomic E-state index is 12.5. The van der Waals surface area contributed by atoms with Crippen molar-refractivity contribution in [3.8, 4) is 11.8 Å². The van der Waals surface area contributed by atoms with Gasteiger partial charge in [0.1, 0.15) is 0 Å². The lowest BCUT2D eigenvalue weighted by molar-refractivity contribution is -0.131. The largest absolute Gasteiger partial charge is 0.389 e. The molecule has 0 spiro atoms. The average molecular weight is 419 g/mol. The number of carbonyl (C=O) groups excluding carboxylic acids is 1. The summed E-state index contributed by atoms with van der Waals surface area (Å²) in [5.41, 5.74) is 1.06. The van der Waals surface area contributed by atoms with Gasteiger partial charge in [0.15, 0.2) is 0 Å². The highest BCUT2D eigenvalue weighted by atomic mass is 31.2. The van der Waals surface area contributed by atoms with Crippen molar-refractivity contribution in [3.05, 3.63) is 48.0 Å². The van der Waals surface area contributed by atoms with Crippen molar-refractivity contribution >= 4 is 13.5 Å². The zero-order valence-corrected chi connectivity index (χ0v) is 17.5. The van der Waals surface area contributed by atoms with Gasteiger partial charge < -0.3 is 19.8 Å². The molecule has 3 N–H and O–H groups in total. The molecule has 1 aromatic rings. The number of unbranched alkanes of at least 4 members (excludes halogenated alkanes) is 1. The number of benzene rings is 1. The third-order valence-corrected chi connectivity index (χ3v) is 5.73. The first-order valence-electron chi connectivity index (χ1n) is 10.1. The Bertz CT molecular complexity index is 777. The van der Waals surface area contributed by atoms with Crippen LogP contribution in [0.1, 0.15) is 44.1 Å². The maximum Gasteiger partial charge on any atom is 0.325 e. The third-order valence-electron chi connectivity index (χ3n) is 4.83. The summed E-state index contributed by atoms with van der Waals surface area (Å²) in [5.74, 6) is 5.92. The van der Waals surface area contributed by atoms with Gasteiger partial charge in [0.05, 0.1) is 24.9 Å². The van der Waals surface area contributed by atoms with Gasteiger partial charge in [-0.05, 0) is 24.8 Å². The minimum atomic E-state index is -3.98. The SMILES string of the molecule is O=C1CCCCC(/C=C/C(O)Cc2ccccc2)N1CC#CCCCP(=O)(O)O. The van der Waals surface area contributed by atoms with Crippen molar-refractivity contribution in [2.24, 2.45) is 0 Å². The summed E-state index contributed by atoms with van der Waals surface area (Å²) in [6.07, 6.45) is 7.26. The molecule has 1 aromatic carbocycles. The molecule has 0 saturated carbocycles. The van der Waals surface area contributed by atoms with Gasteiger partial charge in [-0.2, -0.15) is 0 Å². The van der Waals surface area contributed by atoms with Crippen molar-refractivity contribution in [2.45, 2.75) is 57.1 Å². The second kappa shape index (κ2) is 11.9. The van der Waals surface area contributed by atoms with Gasteiger partial charge in [-0.15, -0.1) is 5.92 Å². The molecular formula is C22H30NO5P. The van der Waals surface area contributed by atoms with Crippen molar-refractivity contribution in [3.63, 3.8) is 0 Å². The molecule has 1 aliphatic heterocycles. The zero-order chi connectivity index (χ0) is 21.1. The van der Waals surface area contributed by atoms with E-state index in [1.807, 2.05) is 36.4 Å². The molecule has 2 atom stereocenters. The Balaban J connectivity index is 1.92. The fraction of sp³-hybridized carbons (Fsp3) is 0.500. The van der Waals surface area contributed by atoms with E-state index in [9.17, 15) is 14.5 Å². The van der Waals surface area contributed by atoms with Gasteiger partial charge >= 0.3 is 7.60 Å². The van der Waals surface area contributed by atoms with Gasteiger partial charge in [-0.25, -0.2) is 0 Å². The van der Waals surface area contributed by atoms with Gasteiger partial charge in [0.25, 0.3) is 0 Å². The zero-order valence-electron chi connectivity index (χ0n) is 16.6. The first-order valence-corrected chi connectivity index (χ1v) is 11.8. The number of aliphatic hydroxyl groups excluding tert-OH is 1. The van der Waals surface area contributed by atoms with Crippen LogP contribution >= 0.6 is 7.60 Å². The van der Waals surface area contributed by atoms with Crippen molar-refractivity contribution in [1.82, 2.24) is 4.90 Å². The Labute approximate surface area is 172 Å². The van der Waals surface area contributed by atoms with Crippen LogP contribution in [0.5, 0.6) is 0 Å². The lowest BCUT2D eigenvalue weighted by Crippen LogP contribution is -2.38. The van der Waals surface area contributed by atoms with Gasteiger partial charge in [-0.1, -0.05) is 54.8 Å². The van der Waals surface area contributed by atoms with E-state index < -0.39 is 13.7 Å². The molecule has 2 unspecified atom stereocenters. The highest BCUT2D eigenvalue weighted by Crippen LogP contribution is 2.35. The summed E-state index contributed by atoms with van der Waals surface area (Å²) in [4.78, 5) is 31.9. The van der Waals surface area contributed by atoms with E-state index in [2.05, 4.69) is 11.8 Å². The predicted molar refractivity (Wildman–Crippen MR) is 113 cm³/mol. The Kier molecular flexibility index (Phi) is 9.63. The number of hydrogen-bond acceptors (Lipinski definition) is 3. The monoisotopic (exact) mass is 419 g/mol. The molecule has 1 aliphatic rings. The molecule has 6 nitrogen and oxygen atoms in total. The van der Waals surface area contributed by atoms with Crippen molar-refractivity contribution < 1.29 is 24.3 Å². The number of carbonyl (C=O) groups is 1. The minimum absolute atomic E-state index is 0.0548. The number of rotatable bonds is 8. The lowest BCUT2D eigenvalue weighted by Gasteiger charge is -2.26. The quantitative estimate of drug-likeness (QED) is 0.261. The van der Waals surface area contributed by atoms with Gasteiger partial charge in [0, 0.05) is 19.3 Å². The number of aliphatic hydroxyl groups is 1. The maximum atomic E-state index is 12.5. The van der Waals surface area contributed by atoms with Crippen LogP contribution in [-0.2, 0) is 15.8 Å². The molecule has 158 valence electrons. The minimum Gasteiger partial charge on any atom is -0.389 e. The lowest BCUT2D eigenvalue weighted by atomic mass is 10.0. The van der Waals surface area contributed by atoms with Crippen LogP contribution in [0.3, 0.4) is 0 Å². The van der Waals surface area contributed by atoms with Gasteiger partial charge in [0.2, 0.25) is 5.91 Å². The van der Waals surface area contributed by atoms with Crippen LogP contribution in [0, 0.1) is 11.8 Å². The van der Waals surface area contributed by atoms with Crippen molar-refractivity contribution in [1.29, 1.82) is 0 Å². The second-order valence-corrected chi connectivity index (χ2v) is 9.10. The fourth-order valence-electron chi connectivity index (χ4n) is 3.30. The fourth-order valence-corrected chi connectivity index (χ4v) is 3.87. The standard InChI is InChI=1S/C22H30NO5P/c24-21(18-19-10-4-3-5-11-19)15-14-20-12-6-7-13-22(25)23(20)16-8-1-2-9-17-29(26,27)28/h3-5,10-11,14-15,20-21,24H,2,6-7,9,12-13,16-18H2,(H2,26,27,28)/b15-14+. The summed E-state index contributed by atoms with van der Waals surface area (Å²) in [7, 11) is -3.98. The predicted octanol–water partition coefficient (Wildman–Crippen LogP) is 2.88. The van der Waals surface area contributed by atoms with E-state index in [0.29, 0.717) is 32.2 Å². The molecule has 0 radical (unpaired) electrons. The highest BCUT2D eigenvalue weighted by molar-refractivity contribution is 7.51. The molecule has 0 aliphatic carbocycles. The van der Waals surface area contributed by atoms with E-state index in [-0.39, 0.29) is 18.1 Å². The average Bonchev–Trinajstić information content (AvgIpc) is 2.84. The molecular weight excluding hydrogens is 389 g/mol. The van der Waals surface area contributed by atoms with E-state index in [4.69, 9.17) is 9.79 Å². The third kappa shape index (κ3) is 9.43. The summed E-state index contributed by atoms with van der Waals surface area (Å²) in [6.45, 7) is 0.290. The second-order valence-electron chi connectivity index (χ2n) is 7.32. The first kappa shape index (κ1) is 23.4. The smallest absolute Gasteiger partial charge is 0.325 e. The molecule has 7 heteroatoms. The van der Waals surface area contributed by atoms with Crippen molar-refractivity contribution in [2.75, 3.05) is 12.7 Å². The number of nitrogens with zero attached hydrogens (tertiary/aromatic N) is 1. The summed E-state index contributed by atoms with van der Waals surface area (Å²) in [5, 5.41) is 10.3. The van der Waals surface area contributed by atoms with Crippen LogP contribution in [0.2, 0.25) is 0 Å². The summed E-state index contributed by atoms with van der Waals surface area (Å²) >= 11 is 0. The van der Waals surface area contributed by atoms with Gasteiger partial charge in [-0.3, -0.25) is 9.36 Å². The summed E-state index contributed by atoms with van der Waals surface area (Å²) in [6, 6.07) is 9.67. The van der Waals surface area contributed by atoms with E-state index in [1.165, 1.54) is 0 Å². The summed E-state index contributed by atoms with van der Waals surface area (Å²) < 4.78 is 10.8. The van der Waals surface area contributed by atoms with Crippen LogP contribution in [0.15, 0.2) is 42.5 Å². The molecule has 1 fully saturated rings. The van der Waals surface area contributed by atoms with E-state index in [0.717, 1.165) is 24.8 Å². The highest BCUT2D eigenvalue weighted by Gasteiger charge is 2.23. The first-order chi connectivity index (χ1) is 13.8. The Morgan fingerprint density at radius 3 is 2.69 bits per heavy atom. The van der Waals surface area contributed by atoms with E-state index in [1.54, 1.807) is 11.0 Å². The van der Waals surface area contributed by atoms with Crippen LogP contribution in [0.4, 0.5) is 0 Å². The van der Waals surface area contributed by atoms with Crippen LogP contribution < -0.4 is 0 Å². The Morgan fingerprint density at radius 2 is 1.97 bits per heavy atom. The molecule has 2 rings (SSSR count). The van der Waals surface area contributed by atoms with Crippen LogP contribution in [0.25, 0.3) is 0 Å². The molecule has 0 aromatic heterocycles. The molecule has 1 saturated heterocycles.